The number of rotatable bonds is 3. The minimum Gasteiger partial charge on any atom is -0.330 e. The lowest BCUT2D eigenvalue weighted by Crippen LogP contribution is -2.17. The summed E-state index contributed by atoms with van der Waals surface area (Å²) in [5, 5.41) is 5.54. The van der Waals surface area contributed by atoms with Gasteiger partial charge in [0.25, 0.3) is 0 Å². The number of hydrogen-bond acceptors (Lipinski definition) is 2. The first kappa shape index (κ1) is 9.21. The minimum absolute atomic E-state index is 0.471. The van der Waals surface area contributed by atoms with Gasteiger partial charge < -0.3 is 5.73 Å². The van der Waals surface area contributed by atoms with E-state index in [0.29, 0.717) is 12.5 Å². The lowest BCUT2D eigenvalue weighted by Gasteiger charge is -2.08. The SMILES string of the molecule is CC(CN)Cn1ncc2ccccc21. The molecule has 3 nitrogen and oxygen atoms in total. The Morgan fingerprint density at radius 3 is 3.00 bits per heavy atom. The highest BCUT2D eigenvalue weighted by Crippen LogP contribution is 2.13. The van der Waals surface area contributed by atoms with E-state index in [-0.39, 0.29) is 0 Å². The number of aromatic nitrogens is 2. The van der Waals surface area contributed by atoms with Crippen molar-refractivity contribution in [3.05, 3.63) is 30.5 Å². The predicted molar refractivity (Wildman–Crippen MR) is 58.0 cm³/mol. The number of nitrogens with two attached hydrogens (primary N) is 1. The fourth-order valence-corrected chi connectivity index (χ4v) is 1.54. The van der Waals surface area contributed by atoms with Crippen molar-refractivity contribution in [2.75, 3.05) is 6.54 Å². The highest BCUT2D eigenvalue weighted by Gasteiger charge is 2.04. The first-order valence-corrected chi connectivity index (χ1v) is 4.92. The van der Waals surface area contributed by atoms with Gasteiger partial charge >= 0.3 is 0 Å². The van der Waals surface area contributed by atoms with Crippen LogP contribution in [0.4, 0.5) is 0 Å². The number of benzene rings is 1. The van der Waals surface area contributed by atoms with Crippen LogP contribution in [0.15, 0.2) is 30.5 Å². The predicted octanol–water partition coefficient (Wildman–Crippen LogP) is 1.63. The second kappa shape index (κ2) is 3.80. The van der Waals surface area contributed by atoms with Crippen molar-refractivity contribution in [2.24, 2.45) is 11.7 Å². The smallest absolute Gasteiger partial charge is 0.0682 e. The molecule has 0 bridgehead atoms. The molecule has 74 valence electrons. The summed E-state index contributed by atoms with van der Waals surface area (Å²) in [5.41, 5.74) is 6.78. The lowest BCUT2D eigenvalue weighted by molar-refractivity contribution is 0.469. The van der Waals surface area contributed by atoms with Gasteiger partial charge in [0, 0.05) is 11.9 Å². The zero-order valence-corrected chi connectivity index (χ0v) is 8.35. The molecule has 0 amide bonds. The number of nitrogens with zero attached hydrogens (tertiary/aromatic N) is 2. The summed E-state index contributed by atoms with van der Waals surface area (Å²) in [7, 11) is 0. The number of fused-ring (bicyclic) bond motifs is 1. The molecule has 0 spiro atoms. The molecule has 1 aromatic heterocycles. The Hall–Kier alpha value is -1.35. The van der Waals surface area contributed by atoms with Crippen LogP contribution in [0.1, 0.15) is 6.92 Å². The average Bonchev–Trinajstić information content (AvgIpc) is 2.62. The topological polar surface area (TPSA) is 43.8 Å². The Morgan fingerprint density at radius 2 is 2.21 bits per heavy atom. The van der Waals surface area contributed by atoms with E-state index in [0.717, 1.165) is 6.54 Å². The van der Waals surface area contributed by atoms with Gasteiger partial charge in [-0.1, -0.05) is 25.1 Å². The number of para-hydroxylation sites is 1. The third-order valence-corrected chi connectivity index (χ3v) is 2.44. The summed E-state index contributed by atoms with van der Waals surface area (Å²) in [6, 6.07) is 8.23. The van der Waals surface area contributed by atoms with Crippen molar-refractivity contribution in [3.8, 4) is 0 Å². The molecule has 2 N–H and O–H groups in total. The molecule has 1 heterocycles. The highest BCUT2D eigenvalue weighted by molar-refractivity contribution is 5.78. The molecule has 2 aromatic rings. The first-order chi connectivity index (χ1) is 6.81. The van der Waals surface area contributed by atoms with E-state index in [1.807, 2.05) is 23.0 Å². The fraction of sp³-hybridized carbons (Fsp3) is 0.364. The van der Waals surface area contributed by atoms with Gasteiger partial charge in [-0.2, -0.15) is 5.10 Å². The maximum absolute atomic E-state index is 5.59. The first-order valence-electron chi connectivity index (χ1n) is 4.92. The highest BCUT2D eigenvalue weighted by atomic mass is 15.3. The van der Waals surface area contributed by atoms with Crippen molar-refractivity contribution in [3.63, 3.8) is 0 Å². The molecule has 0 aliphatic rings. The molecule has 0 aliphatic heterocycles. The van der Waals surface area contributed by atoms with Gasteiger partial charge in [-0.05, 0) is 18.5 Å². The summed E-state index contributed by atoms with van der Waals surface area (Å²) < 4.78 is 2.02. The van der Waals surface area contributed by atoms with Crippen LogP contribution in [-0.4, -0.2) is 16.3 Å². The normalized spacial score (nSPS) is 13.3. The van der Waals surface area contributed by atoms with Gasteiger partial charge in [-0.25, -0.2) is 0 Å². The second-order valence-electron chi connectivity index (χ2n) is 3.73. The molecule has 1 unspecified atom stereocenters. The molecular weight excluding hydrogens is 174 g/mol. The molecule has 0 fully saturated rings. The third-order valence-electron chi connectivity index (χ3n) is 2.44. The van der Waals surface area contributed by atoms with Crippen molar-refractivity contribution in [1.82, 2.24) is 9.78 Å². The van der Waals surface area contributed by atoms with E-state index >= 15 is 0 Å². The van der Waals surface area contributed by atoms with E-state index in [9.17, 15) is 0 Å². The van der Waals surface area contributed by atoms with E-state index in [4.69, 9.17) is 5.73 Å². The summed E-state index contributed by atoms with van der Waals surface area (Å²) in [4.78, 5) is 0. The van der Waals surface area contributed by atoms with Crippen molar-refractivity contribution in [1.29, 1.82) is 0 Å². The van der Waals surface area contributed by atoms with Crippen molar-refractivity contribution in [2.45, 2.75) is 13.5 Å². The van der Waals surface area contributed by atoms with Crippen LogP contribution >= 0.6 is 0 Å². The Bertz CT molecular complexity index is 419. The van der Waals surface area contributed by atoms with Crippen LogP contribution in [0.25, 0.3) is 10.9 Å². The summed E-state index contributed by atoms with van der Waals surface area (Å²) >= 11 is 0. The van der Waals surface area contributed by atoms with Crippen LogP contribution in [0, 0.1) is 5.92 Å². The van der Waals surface area contributed by atoms with Gasteiger partial charge in [0.1, 0.15) is 0 Å². The fourth-order valence-electron chi connectivity index (χ4n) is 1.54. The quantitative estimate of drug-likeness (QED) is 0.797. The zero-order chi connectivity index (χ0) is 9.97. The Labute approximate surface area is 83.5 Å². The Balaban J connectivity index is 2.33. The molecule has 0 saturated carbocycles. The van der Waals surface area contributed by atoms with Crippen LogP contribution in [0.2, 0.25) is 0 Å². The summed E-state index contributed by atoms with van der Waals surface area (Å²) in [6.07, 6.45) is 1.90. The van der Waals surface area contributed by atoms with E-state index < -0.39 is 0 Å². The lowest BCUT2D eigenvalue weighted by atomic mass is 10.2. The molecule has 1 atom stereocenters. The molecule has 0 aliphatic carbocycles. The van der Waals surface area contributed by atoms with Crippen molar-refractivity contribution >= 4 is 10.9 Å². The van der Waals surface area contributed by atoms with Crippen LogP contribution in [0.5, 0.6) is 0 Å². The second-order valence-corrected chi connectivity index (χ2v) is 3.73. The molecule has 3 heteroatoms. The summed E-state index contributed by atoms with van der Waals surface area (Å²) in [5.74, 6) is 0.471. The van der Waals surface area contributed by atoms with Crippen LogP contribution in [-0.2, 0) is 6.54 Å². The van der Waals surface area contributed by atoms with E-state index in [1.54, 1.807) is 0 Å². The average molecular weight is 189 g/mol. The standard InChI is InChI=1S/C11H15N3/c1-9(6-12)8-14-11-5-3-2-4-10(11)7-13-14/h2-5,7,9H,6,8,12H2,1H3. The Kier molecular flexibility index (Phi) is 2.50. The van der Waals surface area contributed by atoms with Crippen LogP contribution in [0.3, 0.4) is 0 Å². The van der Waals surface area contributed by atoms with Crippen LogP contribution < -0.4 is 5.73 Å². The van der Waals surface area contributed by atoms with Crippen molar-refractivity contribution < 1.29 is 0 Å². The molecule has 0 saturated heterocycles. The third kappa shape index (κ3) is 1.63. The molecule has 0 radical (unpaired) electrons. The maximum Gasteiger partial charge on any atom is 0.0682 e. The molecule has 1 aromatic carbocycles. The molecule has 2 rings (SSSR count). The minimum atomic E-state index is 0.471. The van der Waals surface area contributed by atoms with Gasteiger partial charge in [0.15, 0.2) is 0 Å². The summed E-state index contributed by atoms with van der Waals surface area (Å²) in [6.45, 7) is 3.73. The monoisotopic (exact) mass is 189 g/mol. The number of hydrogen-bond donors (Lipinski definition) is 1. The van der Waals surface area contributed by atoms with E-state index in [1.165, 1.54) is 10.9 Å². The van der Waals surface area contributed by atoms with Gasteiger partial charge in [0.2, 0.25) is 0 Å². The largest absolute Gasteiger partial charge is 0.330 e. The van der Waals surface area contributed by atoms with Gasteiger partial charge in [-0.3, -0.25) is 4.68 Å². The molecular formula is C11H15N3. The van der Waals surface area contributed by atoms with Gasteiger partial charge in [0.05, 0.1) is 11.7 Å². The zero-order valence-electron chi connectivity index (χ0n) is 8.35. The van der Waals surface area contributed by atoms with Gasteiger partial charge in [-0.15, -0.1) is 0 Å². The Morgan fingerprint density at radius 1 is 1.43 bits per heavy atom. The molecule has 14 heavy (non-hydrogen) atoms. The van der Waals surface area contributed by atoms with E-state index in [2.05, 4.69) is 24.2 Å². The maximum atomic E-state index is 5.59.